The third-order valence-electron chi connectivity index (χ3n) is 2.86. The van der Waals surface area contributed by atoms with E-state index < -0.39 is 0 Å². The predicted molar refractivity (Wildman–Crippen MR) is 57.1 cm³/mol. The number of hydrogen-bond donors (Lipinski definition) is 2. The van der Waals surface area contributed by atoms with E-state index in [-0.39, 0.29) is 11.9 Å². The van der Waals surface area contributed by atoms with E-state index in [0.717, 1.165) is 24.9 Å². The van der Waals surface area contributed by atoms with Gasteiger partial charge in [-0.15, -0.1) is 0 Å². The van der Waals surface area contributed by atoms with Crippen molar-refractivity contribution in [3.05, 3.63) is 35.6 Å². The van der Waals surface area contributed by atoms with Gasteiger partial charge in [-0.3, -0.25) is 0 Å². The Labute approximate surface area is 89.1 Å². The first-order valence-corrected chi connectivity index (χ1v) is 5.37. The highest BCUT2D eigenvalue weighted by Gasteiger charge is 2.19. The van der Waals surface area contributed by atoms with Gasteiger partial charge in [0.2, 0.25) is 0 Å². The Morgan fingerprint density at radius 1 is 1.27 bits per heavy atom. The van der Waals surface area contributed by atoms with Crippen LogP contribution in [0.5, 0.6) is 0 Å². The number of aliphatic hydroxyl groups is 1. The molecule has 1 heterocycles. The van der Waals surface area contributed by atoms with E-state index in [1.54, 1.807) is 0 Å². The summed E-state index contributed by atoms with van der Waals surface area (Å²) in [6.07, 6.45) is 1.51. The molecular weight excluding hydrogens is 193 g/mol. The molecule has 1 aliphatic heterocycles. The number of aliphatic hydroxyl groups excluding tert-OH is 1. The number of nitrogens with one attached hydrogen (secondary N) is 1. The van der Waals surface area contributed by atoms with Crippen molar-refractivity contribution in [2.45, 2.75) is 18.9 Å². The van der Waals surface area contributed by atoms with Crippen LogP contribution in [0, 0.1) is 11.7 Å². The zero-order valence-corrected chi connectivity index (χ0v) is 8.62. The molecule has 0 spiro atoms. The molecule has 1 aromatic rings. The van der Waals surface area contributed by atoms with Gasteiger partial charge in [0.1, 0.15) is 5.82 Å². The molecule has 2 nitrogen and oxygen atoms in total. The quantitative estimate of drug-likeness (QED) is 0.770. The van der Waals surface area contributed by atoms with Gasteiger partial charge in [0, 0.05) is 6.54 Å². The van der Waals surface area contributed by atoms with Gasteiger partial charge in [-0.25, -0.2) is 4.39 Å². The molecule has 1 aliphatic rings. The number of β-amino-alcohol motifs (C(OH)–C–C–N with tert-alkyl or cyclic N) is 1. The van der Waals surface area contributed by atoms with Crippen molar-refractivity contribution in [3.8, 4) is 0 Å². The third kappa shape index (κ3) is 3.01. The highest BCUT2D eigenvalue weighted by molar-refractivity contribution is 5.16. The average molecular weight is 209 g/mol. The van der Waals surface area contributed by atoms with Gasteiger partial charge in [0.25, 0.3) is 0 Å². The van der Waals surface area contributed by atoms with E-state index in [1.165, 1.54) is 12.1 Å². The largest absolute Gasteiger partial charge is 0.392 e. The molecule has 0 aliphatic carbocycles. The van der Waals surface area contributed by atoms with Crippen LogP contribution in [-0.2, 0) is 6.42 Å². The molecule has 1 unspecified atom stereocenters. The smallest absolute Gasteiger partial charge is 0.123 e. The molecule has 82 valence electrons. The van der Waals surface area contributed by atoms with Crippen LogP contribution in [-0.4, -0.2) is 24.3 Å². The zero-order chi connectivity index (χ0) is 10.7. The van der Waals surface area contributed by atoms with Crippen molar-refractivity contribution in [1.82, 2.24) is 5.32 Å². The summed E-state index contributed by atoms with van der Waals surface area (Å²) in [6.45, 7) is 1.63. The van der Waals surface area contributed by atoms with Crippen molar-refractivity contribution in [1.29, 1.82) is 0 Å². The van der Waals surface area contributed by atoms with E-state index in [1.807, 2.05) is 12.1 Å². The van der Waals surface area contributed by atoms with Crippen LogP contribution in [0.4, 0.5) is 4.39 Å². The Morgan fingerprint density at radius 2 is 2.00 bits per heavy atom. The van der Waals surface area contributed by atoms with E-state index in [2.05, 4.69) is 5.32 Å². The number of piperidine rings is 1. The highest BCUT2D eigenvalue weighted by Crippen LogP contribution is 2.16. The van der Waals surface area contributed by atoms with Crippen molar-refractivity contribution in [2.24, 2.45) is 5.92 Å². The Kier molecular flexibility index (Phi) is 3.34. The lowest BCUT2D eigenvalue weighted by atomic mass is 9.91. The molecule has 0 radical (unpaired) electrons. The summed E-state index contributed by atoms with van der Waals surface area (Å²) in [5.74, 6) is 0.264. The highest BCUT2D eigenvalue weighted by atomic mass is 19.1. The first-order chi connectivity index (χ1) is 7.24. The van der Waals surface area contributed by atoms with Crippen LogP contribution in [0.2, 0.25) is 0 Å². The first-order valence-electron chi connectivity index (χ1n) is 5.37. The molecule has 3 heteroatoms. The molecule has 0 saturated carbocycles. The molecule has 1 saturated heterocycles. The molecule has 1 fully saturated rings. The fourth-order valence-corrected chi connectivity index (χ4v) is 2.11. The maximum absolute atomic E-state index is 12.7. The van der Waals surface area contributed by atoms with E-state index in [9.17, 15) is 9.50 Å². The van der Waals surface area contributed by atoms with Gasteiger partial charge in [0.05, 0.1) is 6.10 Å². The lowest BCUT2D eigenvalue weighted by molar-refractivity contribution is 0.114. The molecule has 0 amide bonds. The van der Waals surface area contributed by atoms with Crippen LogP contribution in [0.1, 0.15) is 12.0 Å². The van der Waals surface area contributed by atoms with Crippen molar-refractivity contribution >= 4 is 0 Å². The van der Waals surface area contributed by atoms with Gasteiger partial charge < -0.3 is 10.4 Å². The summed E-state index contributed by atoms with van der Waals surface area (Å²) in [5, 5.41) is 12.7. The normalized spacial score (nSPS) is 26.5. The monoisotopic (exact) mass is 209 g/mol. The van der Waals surface area contributed by atoms with Crippen molar-refractivity contribution < 1.29 is 9.50 Å². The van der Waals surface area contributed by atoms with Crippen LogP contribution in [0.3, 0.4) is 0 Å². The minimum absolute atomic E-state index is 0.194. The predicted octanol–water partition coefficient (Wildman–Crippen LogP) is 1.34. The second-order valence-corrected chi connectivity index (χ2v) is 4.24. The zero-order valence-electron chi connectivity index (χ0n) is 8.62. The molecule has 2 N–H and O–H groups in total. The van der Waals surface area contributed by atoms with Gasteiger partial charge in [-0.2, -0.15) is 0 Å². The number of rotatable bonds is 2. The standard InChI is InChI=1S/C12H16FNO/c13-11-3-1-9(2-4-11)5-10-6-12(15)8-14-7-10/h1-4,10,12,14-15H,5-8H2/t10?,12-/m0/s1. The second kappa shape index (κ2) is 4.73. The van der Waals surface area contributed by atoms with Crippen molar-refractivity contribution in [3.63, 3.8) is 0 Å². The number of halogens is 1. The van der Waals surface area contributed by atoms with E-state index in [0.29, 0.717) is 12.5 Å². The van der Waals surface area contributed by atoms with Crippen LogP contribution < -0.4 is 5.32 Å². The third-order valence-corrected chi connectivity index (χ3v) is 2.86. The molecule has 0 bridgehead atoms. The first kappa shape index (κ1) is 10.6. The summed E-state index contributed by atoms with van der Waals surface area (Å²) in [7, 11) is 0. The average Bonchev–Trinajstić information content (AvgIpc) is 2.22. The minimum atomic E-state index is -0.232. The number of hydrogen-bond acceptors (Lipinski definition) is 2. The molecule has 2 rings (SSSR count). The topological polar surface area (TPSA) is 32.3 Å². The maximum atomic E-state index is 12.7. The van der Waals surface area contributed by atoms with Crippen LogP contribution in [0.15, 0.2) is 24.3 Å². The summed E-state index contributed by atoms with van der Waals surface area (Å²) in [4.78, 5) is 0. The van der Waals surface area contributed by atoms with E-state index >= 15 is 0 Å². The fraction of sp³-hybridized carbons (Fsp3) is 0.500. The summed E-state index contributed by atoms with van der Waals surface area (Å²) >= 11 is 0. The van der Waals surface area contributed by atoms with Crippen LogP contribution in [0.25, 0.3) is 0 Å². The molecule has 2 atom stereocenters. The minimum Gasteiger partial charge on any atom is -0.392 e. The summed E-state index contributed by atoms with van der Waals surface area (Å²) < 4.78 is 12.7. The van der Waals surface area contributed by atoms with Gasteiger partial charge in [-0.05, 0) is 43.0 Å². The lowest BCUT2D eigenvalue weighted by Gasteiger charge is -2.26. The van der Waals surface area contributed by atoms with Crippen LogP contribution >= 0.6 is 0 Å². The lowest BCUT2D eigenvalue weighted by Crippen LogP contribution is -2.40. The Bertz CT molecular complexity index is 312. The molecule has 0 aromatic heterocycles. The fourth-order valence-electron chi connectivity index (χ4n) is 2.11. The summed E-state index contributed by atoms with van der Waals surface area (Å²) in [5.41, 5.74) is 1.14. The Balaban J connectivity index is 1.93. The Morgan fingerprint density at radius 3 is 2.67 bits per heavy atom. The second-order valence-electron chi connectivity index (χ2n) is 4.24. The summed E-state index contributed by atoms with van der Waals surface area (Å²) in [6, 6.07) is 6.61. The van der Waals surface area contributed by atoms with Gasteiger partial charge in [0.15, 0.2) is 0 Å². The van der Waals surface area contributed by atoms with Gasteiger partial charge >= 0.3 is 0 Å². The maximum Gasteiger partial charge on any atom is 0.123 e. The molecule has 15 heavy (non-hydrogen) atoms. The van der Waals surface area contributed by atoms with Crippen molar-refractivity contribution in [2.75, 3.05) is 13.1 Å². The molecule has 1 aromatic carbocycles. The van der Waals surface area contributed by atoms with Gasteiger partial charge in [-0.1, -0.05) is 12.1 Å². The Hall–Kier alpha value is -0.930. The number of benzene rings is 1. The van der Waals surface area contributed by atoms with E-state index in [4.69, 9.17) is 0 Å². The molecular formula is C12H16FNO. The SMILES string of the molecule is O[C@@H]1CNCC(Cc2ccc(F)cc2)C1.